The number of aromatic hydroxyl groups is 2. The Kier molecular flexibility index (Phi) is 11.8. The average Bonchev–Trinajstić information content (AvgIpc) is 3.08. The minimum atomic E-state index is -0.496. The van der Waals surface area contributed by atoms with Crippen LogP contribution in [0.2, 0.25) is 0 Å². The molecule has 4 aromatic carbocycles. The summed E-state index contributed by atoms with van der Waals surface area (Å²) in [7, 11) is 0. The first-order valence-electron chi connectivity index (χ1n) is 14.6. The largest absolute Gasteiger partial charge is 0.508 e. The lowest BCUT2D eigenvalue weighted by molar-refractivity contribution is -0.118. The van der Waals surface area contributed by atoms with Crippen LogP contribution < -0.4 is 21.3 Å². The molecule has 0 saturated heterocycles. The number of unbranched alkanes of at least 4 members (excludes halogenated alkanes) is 1. The molecule has 4 amide bonds. The Bertz CT molecular complexity index is 1570. The molecule has 46 heavy (non-hydrogen) atoms. The second-order valence-corrected chi connectivity index (χ2v) is 10.2. The molecule has 0 unspecified atom stereocenters. The highest BCUT2D eigenvalue weighted by molar-refractivity contribution is 6.06. The zero-order valence-electron chi connectivity index (χ0n) is 24.9. The van der Waals surface area contributed by atoms with Crippen molar-refractivity contribution in [1.82, 2.24) is 21.3 Å². The minimum Gasteiger partial charge on any atom is -0.508 e. The van der Waals surface area contributed by atoms with E-state index in [-0.39, 0.29) is 36.0 Å². The molecule has 0 fully saturated rings. The predicted octanol–water partition coefficient (Wildman–Crippen LogP) is 4.35. The van der Waals surface area contributed by atoms with Crippen molar-refractivity contribution in [3.8, 4) is 11.5 Å². The summed E-state index contributed by atoms with van der Waals surface area (Å²) in [5, 5.41) is 30.1. The molecule has 0 bridgehead atoms. The number of phenols is 2. The van der Waals surface area contributed by atoms with Crippen molar-refractivity contribution in [3.63, 3.8) is 0 Å². The number of hydrogen-bond acceptors (Lipinski definition) is 6. The lowest BCUT2D eigenvalue weighted by Gasteiger charge is -2.13. The average molecular weight is 619 g/mol. The van der Waals surface area contributed by atoms with Crippen molar-refractivity contribution in [2.24, 2.45) is 0 Å². The molecular formula is C36H34N4O6. The van der Waals surface area contributed by atoms with E-state index in [9.17, 15) is 29.4 Å². The first-order valence-corrected chi connectivity index (χ1v) is 14.6. The van der Waals surface area contributed by atoms with E-state index < -0.39 is 23.6 Å². The fourth-order valence-electron chi connectivity index (χ4n) is 4.20. The van der Waals surface area contributed by atoms with E-state index in [0.717, 1.165) is 0 Å². The first-order chi connectivity index (χ1) is 22.3. The Labute approximate surface area is 266 Å². The van der Waals surface area contributed by atoms with Crippen LogP contribution in [0.1, 0.15) is 44.7 Å². The standard InChI is InChI=1S/C36H34N4O6/c41-29-17-13-25(14-18-29)23-31(39-33(43)27-9-3-1-4-10-27)35(45)37-21-7-8-22-38-36(46)32(24-26-15-19-30(42)20-16-26)40-34(44)28-11-5-2-6-12-28/h1-6,9-20,23-24,41-42H,7-8,21-22H2,(H,37,45)(H,38,46)(H,39,43)(H,40,44). The van der Waals surface area contributed by atoms with Gasteiger partial charge in [0, 0.05) is 24.2 Å². The molecular weight excluding hydrogens is 584 g/mol. The number of amides is 4. The fraction of sp³-hybridized carbons (Fsp3) is 0.111. The molecule has 10 heteroatoms. The van der Waals surface area contributed by atoms with Gasteiger partial charge >= 0.3 is 0 Å². The monoisotopic (exact) mass is 618 g/mol. The van der Waals surface area contributed by atoms with E-state index in [0.29, 0.717) is 35.1 Å². The van der Waals surface area contributed by atoms with Gasteiger partial charge in [-0.3, -0.25) is 19.2 Å². The van der Waals surface area contributed by atoms with Gasteiger partial charge in [-0.05, 0) is 84.7 Å². The highest BCUT2D eigenvalue weighted by atomic mass is 16.3. The summed E-state index contributed by atoms with van der Waals surface area (Å²) in [5.41, 5.74) is 2.06. The number of carbonyl (C=O) groups excluding carboxylic acids is 4. The van der Waals surface area contributed by atoms with Crippen molar-refractivity contribution < 1.29 is 29.4 Å². The maximum Gasteiger partial charge on any atom is 0.267 e. The number of carbonyl (C=O) groups is 4. The highest BCUT2D eigenvalue weighted by Crippen LogP contribution is 2.14. The first kappa shape index (κ1) is 32.7. The van der Waals surface area contributed by atoms with Gasteiger partial charge in [-0.25, -0.2) is 0 Å². The summed E-state index contributed by atoms with van der Waals surface area (Å²) >= 11 is 0. The zero-order valence-corrected chi connectivity index (χ0v) is 24.9. The van der Waals surface area contributed by atoms with Crippen LogP contribution >= 0.6 is 0 Å². The molecule has 0 saturated carbocycles. The van der Waals surface area contributed by atoms with Gasteiger partial charge in [0.25, 0.3) is 23.6 Å². The molecule has 234 valence electrons. The summed E-state index contributed by atoms with van der Waals surface area (Å²) in [5.74, 6) is -1.73. The molecule has 0 aliphatic rings. The third-order valence-electron chi connectivity index (χ3n) is 6.64. The van der Waals surface area contributed by atoms with Gasteiger partial charge in [-0.15, -0.1) is 0 Å². The molecule has 6 N–H and O–H groups in total. The summed E-state index contributed by atoms with van der Waals surface area (Å²) in [4.78, 5) is 51.6. The lowest BCUT2D eigenvalue weighted by atomic mass is 10.1. The number of hydrogen-bond donors (Lipinski definition) is 6. The van der Waals surface area contributed by atoms with E-state index >= 15 is 0 Å². The topological polar surface area (TPSA) is 157 Å². The molecule has 0 aromatic heterocycles. The van der Waals surface area contributed by atoms with Gasteiger partial charge in [0.1, 0.15) is 22.9 Å². The Morgan fingerprint density at radius 2 is 0.848 bits per heavy atom. The summed E-state index contributed by atoms with van der Waals surface area (Å²) < 4.78 is 0. The van der Waals surface area contributed by atoms with E-state index in [2.05, 4.69) is 21.3 Å². The van der Waals surface area contributed by atoms with Gasteiger partial charge in [-0.1, -0.05) is 60.7 Å². The van der Waals surface area contributed by atoms with Gasteiger partial charge in [0.05, 0.1) is 0 Å². The minimum absolute atomic E-state index is 0.0333. The van der Waals surface area contributed by atoms with Crippen molar-refractivity contribution in [3.05, 3.63) is 143 Å². The van der Waals surface area contributed by atoms with E-state index in [1.54, 1.807) is 84.9 Å². The molecule has 0 heterocycles. The highest BCUT2D eigenvalue weighted by Gasteiger charge is 2.16. The van der Waals surface area contributed by atoms with Gasteiger partial charge in [0.2, 0.25) is 0 Å². The van der Waals surface area contributed by atoms with Gasteiger partial charge in [0.15, 0.2) is 0 Å². The third-order valence-corrected chi connectivity index (χ3v) is 6.64. The molecule has 4 aromatic rings. The summed E-state index contributed by atoms with van der Waals surface area (Å²) in [6, 6.07) is 29.4. The molecule has 0 aliphatic heterocycles. The number of nitrogens with one attached hydrogen (secondary N) is 4. The summed E-state index contributed by atoms with van der Waals surface area (Å²) in [6.45, 7) is 0.535. The molecule has 10 nitrogen and oxygen atoms in total. The zero-order chi connectivity index (χ0) is 32.7. The van der Waals surface area contributed by atoms with Crippen LogP contribution in [-0.2, 0) is 9.59 Å². The number of phenolic OH excluding ortho intramolecular Hbond substituents is 2. The maximum absolute atomic E-state index is 13.0. The maximum atomic E-state index is 13.0. The van der Waals surface area contributed by atoms with E-state index in [1.807, 2.05) is 0 Å². The Hall–Kier alpha value is -6.16. The Morgan fingerprint density at radius 1 is 0.500 bits per heavy atom. The van der Waals surface area contributed by atoms with Crippen LogP contribution in [0.4, 0.5) is 0 Å². The van der Waals surface area contributed by atoms with Crippen molar-refractivity contribution in [1.29, 1.82) is 0 Å². The quantitative estimate of drug-likeness (QED) is 0.0966. The van der Waals surface area contributed by atoms with Crippen LogP contribution in [0.3, 0.4) is 0 Å². The van der Waals surface area contributed by atoms with E-state index in [4.69, 9.17) is 0 Å². The number of benzene rings is 4. The van der Waals surface area contributed by atoms with Gasteiger partial charge < -0.3 is 31.5 Å². The molecule has 0 atom stereocenters. The van der Waals surface area contributed by atoms with Crippen molar-refractivity contribution in [2.45, 2.75) is 12.8 Å². The molecule has 0 aliphatic carbocycles. The molecule has 0 radical (unpaired) electrons. The van der Waals surface area contributed by atoms with Crippen LogP contribution in [0.15, 0.2) is 121 Å². The van der Waals surface area contributed by atoms with Crippen LogP contribution in [0, 0.1) is 0 Å². The summed E-state index contributed by atoms with van der Waals surface area (Å²) in [6.07, 6.45) is 4.06. The SMILES string of the molecule is O=C(NCCCCNC(=O)C(=Cc1ccc(O)cc1)NC(=O)c1ccccc1)C(=Cc1ccc(O)cc1)NC(=O)c1ccccc1. The molecule has 0 spiro atoms. The Balaban J connectivity index is 1.32. The number of rotatable bonds is 13. The second-order valence-electron chi connectivity index (χ2n) is 10.2. The van der Waals surface area contributed by atoms with Crippen molar-refractivity contribution in [2.75, 3.05) is 13.1 Å². The Morgan fingerprint density at radius 3 is 1.20 bits per heavy atom. The van der Waals surface area contributed by atoms with Crippen LogP contribution in [0.25, 0.3) is 12.2 Å². The second kappa shape index (κ2) is 16.6. The normalized spacial score (nSPS) is 11.3. The predicted molar refractivity (Wildman–Crippen MR) is 175 cm³/mol. The fourth-order valence-corrected chi connectivity index (χ4v) is 4.20. The molecule has 4 rings (SSSR count). The van der Waals surface area contributed by atoms with Crippen molar-refractivity contribution >= 4 is 35.8 Å². The van der Waals surface area contributed by atoms with Crippen LogP contribution in [-0.4, -0.2) is 46.9 Å². The lowest BCUT2D eigenvalue weighted by Crippen LogP contribution is -2.36. The third kappa shape index (κ3) is 10.2. The smallest absolute Gasteiger partial charge is 0.267 e. The van der Waals surface area contributed by atoms with Crippen LogP contribution in [0.5, 0.6) is 11.5 Å². The van der Waals surface area contributed by atoms with E-state index in [1.165, 1.54) is 36.4 Å². The van der Waals surface area contributed by atoms with Gasteiger partial charge in [-0.2, -0.15) is 0 Å².